The van der Waals surface area contributed by atoms with Gasteiger partial charge in [-0.2, -0.15) is 0 Å². The third kappa shape index (κ3) is 3.20. The van der Waals surface area contributed by atoms with Gasteiger partial charge in [0.05, 0.1) is 0 Å². The van der Waals surface area contributed by atoms with Crippen molar-refractivity contribution in [1.29, 1.82) is 0 Å². The first-order valence-corrected chi connectivity index (χ1v) is 5.13. The van der Waals surface area contributed by atoms with Gasteiger partial charge in [-0.05, 0) is 25.0 Å². The third-order valence-corrected chi connectivity index (χ3v) is 2.86. The van der Waals surface area contributed by atoms with Crippen molar-refractivity contribution >= 4 is 11.7 Å². The van der Waals surface area contributed by atoms with Crippen LogP contribution in [0.3, 0.4) is 0 Å². The third-order valence-electron chi connectivity index (χ3n) is 2.86. The SMILES string of the molecule is O=C([O-])C1CCN(c2ccncc2)CC1.[Na+]. The normalized spacial score (nSPS) is 16.6. The van der Waals surface area contributed by atoms with E-state index in [1.54, 1.807) is 12.4 Å². The second kappa shape index (κ2) is 6.23. The van der Waals surface area contributed by atoms with Crippen LogP contribution < -0.4 is 39.6 Å². The van der Waals surface area contributed by atoms with Crippen LogP contribution in [0.4, 0.5) is 5.69 Å². The molecule has 1 saturated heterocycles. The molecule has 0 bridgehead atoms. The maximum absolute atomic E-state index is 10.7. The van der Waals surface area contributed by atoms with Crippen molar-refractivity contribution in [2.75, 3.05) is 18.0 Å². The molecule has 4 nitrogen and oxygen atoms in total. The Bertz CT molecular complexity index is 337. The number of carbonyl (C=O) groups excluding carboxylic acids is 1. The van der Waals surface area contributed by atoms with Gasteiger partial charge in [0.15, 0.2) is 0 Å². The van der Waals surface area contributed by atoms with Gasteiger partial charge in [0.25, 0.3) is 0 Å². The second-order valence-electron chi connectivity index (χ2n) is 3.79. The summed E-state index contributed by atoms with van der Waals surface area (Å²) in [6.45, 7) is 1.56. The zero-order valence-corrected chi connectivity index (χ0v) is 11.4. The van der Waals surface area contributed by atoms with Crippen LogP contribution in [0.5, 0.6) is 0 Å². The van der Waals surface area contributed by atoms with E-state index < -0.39 is 5.97 Å². The predicted octanol–water partition coefficient (Wildman–Crippen LogP) is -2.95. The molecule has 0 N–H and O–H groups in total. The van der Waals surface area contributed by atoms with Crippen LogP contribution >= 0.6 is 0 Å². The standard InChI is InChI=1S/C11H14N2O2.Na/c14-11(15)9-3-7-13(8-4-9)10-1-5-12-6-2-10;/h1-2,5-6,9H,3-4,7-8H2,(H,14,15);/q;+1/p-1. The Morgan fingerprint density at radius 3 is 2.38 bits per heavy atom. The first-order valence-electron chi connectivity index (χ1n) is 5.13. The molecular weight excluding hydrogens is 215 g/mol. The Kier molecular flexibility index (Phi) is 5.25. The van der Waals surface area contributed by atoms with Crippen LogP contribution in [0, 0.1) is 5.92 Å². The molecule has 0 amide bonds. The summed E-state index contributed by atoms with van der Waals surface area (Å²) in [6.07, 6.45) is 4.84. The van der Waals surface area contributed by atoms with E-state index in [-0.39, 0.29) is 35.5 Å². The van der Waals surface area contributed by atoms with Crippen molar-refractivity contribution in [3.63, 3.8) is 0 Å². The summed E-state index contributed by atoms with van der Waals surface area (Å²) in [5.41, 5.74) is 1.11. The molecule has 2 heterocycles. The zero-order valence-electron chi connectivity index (χ0n) is 9.43. The van der Waals surface area contributed by atoms with Gasteiger partial charge in [-0.15, -0.1) is 0 Å². The zero-order chi connectivity index (χ0) is 10.7. The Morgan fingerprint density at radius 1 is 1.31 bits per heavy atom. The molecule has 2 rings (SSSR count). The minimum atomic E-state index is -0.913. The van der Waals surface area contributed by atoms with Crippen molar-refractivity contribution in [2.45, 2.75) is 12.8 Å². The smallest absolute Gasteiger partial charge is 0.550 e. The van der Waals surface area contributed by atoms with Gasteiger partial charge >= 0.3 is 29.6 Å². The van der Waals surface area contributed by atoms with E-state index in [1.807, 2.05) is 12.1 Å². The van der Waals surface area contributed by atoms with E-state index in [2.05, 4.69) is 9.88 Å². The number of carboxylic acid groups (broad SMARTS) is 1. The fourth-order valence-electron chi connectivity index (χ4n) is 1.93. The molecule has 0 saturated carbocycles. The number of pyridine rings is 1. The minimum absolute atomic E-state index is 0. The van der Waals surface area contributed by atoms with E-state index >= 15 is 0 Å². The predicted molar refractivity (Wildman–Crippen MR) is 54.2 cm³/mol. The summed E-state index contributed by atoms with van der Waals surface area (Å²) in [5, 5.41) is 10.7. The van der Waals surface area contributed by atoms with Crippen molar-refractivity contribution in [3.8, 4) is 0 Å². The van der Waals surface area contributed by atoms with Crippen molar-refractivity contribution in [1.82, 2.24) is 4.98 Å². The molecule has 1 aliphatic rings. The van der Waals surface area contributed by atoms with E-state index in [0.717, 1.165) is 18.8 Å². The van der Waals surface area contributed by atoms with E-state index in [4.69, 9.17) is 0 Å². The van der Waals surface area contributed by atoms with Gasteiger partial charge in [0, 0.05) is 43.1 Å². The number of hydrogen-bond acceptors (Lipinski definition) is 4. The number of rotatable bonds is 2. The molecule has 0 atom stereocenters. The van der Waals surface area contributed by atoms with Gasteiger partial charge in [-0.25, -0.2) is 0 Å². The fraction of sp³-hybridized carbons (Fsp3) is 0.455. The molecule has 1 fully saturated rings. The molecule has 5 heteroatoms. The first-order chi connectivity index (χ1) is 7.27. The van der Waals surface area contributed by atoms with Crippen LogP contribution in [-0.4, -0.2) is 24.0 Å². The van der Waals surface area contributed by atoms with Crippen LogP contribution in [-0.2, 0) is 4.79 Å². The Labute approximate surface area is 117 Å². The first kappa shape index (κ1) is 13.5. The number of aromatic nitrogens is 1. The molecule has 80 valence electrons. The molecule has 0 aliphatic carbocycles. The molecule has 0 spiro atoms. The maximum Gasteiger partial charge on any atom is 1.00 e. The summed E-state index contributed by atoms with van der Waals surface area (Å²) in [6, 6.07) is 3.89. The van der Waals surface area contributed by atoms with Gasteiger partial charge < -0.3 is 14.8 Å². The van der Waals surface area contributed by atoms with Crippen molar-refractivity contribution in [2.24, 2.45) is 5.92 Å². The van der Waals surface area contributed by atoms with Crippen LogP contribution in [0.15, 0.2) is 24.5 Å². The van der Waals surface area contributed by atoms with Crippen molar-refractivity contribution < 1.29 is 39.5 Å². The van der Waals surface area contributed by atoms with Crippen LogP contribution in [0.25, 0.3) is 0 Å². The van der Waals surface area contributed by atoms with Gasteiger partial charge in [-0.1, -0.05) is 0 Å². The molecule has 0 radical (unpaired) electrons. The number of carbonyl (C=O) groups is 1. The molecule has 1 aliphatic heterocycles. The quantitative estimate of drug-likeness (QED) is 0.508. The van der Waals surface area contributed by atoms with Crippen LogP contribution in [0.2, 0.25) is 0 Å². The fourth-order valence-corrected chi connectivity index (χ4v) is 1.93. The van der Waals surface area contributed by atoms with Gasteiger partial charge in [0.1, 0.15) is 0 Å². The average Bonchev–Trinajstić information content (AvgIpc) is 2.30. The molecular formula is C11H13N2NaO2. The molecule has 1 aromatic heterocycles. The van der Waals surface area contributed by atoms with Gasteiger partial charge in [-0.3, -0.25) is 4.98 Å². The molecule has 16 heavy (non-hydrogen) atoms. The van der Waals surface area contributed by atoms with E-state index in [0.29, 0.717) is 12.8 Å². The molecule has 0 aromatic carbocycles. The average molecular weight is 228 g/mol. The summed E-state index contributed by atoms with van der Waals surface area (Å²) < 4.78 is 0. The maximum atomic E-state index is 10.7. The summed E-state index contributed by atoms with van der Waals surface area (Å²) in [5.74, 6) is -1.19. The molecule has 0 unspecified atom stereocenters. The number of piperidine rings is 1. The van der Waals surface area contributed by atoms with Gasteiger partial charge in [0.2, 0.25) is 0 Å². The Hall–Kier alpha value is -0.580. The van der Waals surface area contributed by atoms with E-state index in [9.17, 15) is 9.90 Å². The number of carboxylic acids is 1. The summed E-state index contributed by atoms with van der Waals surface area (Å²) >= 11 is 0. The van der Waals surface area contributed by atoms with Crippen LogP contribution in [0.1, 0.15) is 12.8 Å². The Morgan fingerprint density at radius 2 is 1.88 bits per heavy atom. The largest absolute Gasteiger partial charge is 1.00 e. The Balaban J connectivity index is 0.00000128. The minimum Gasteiger partial charge on any atom is -0.550 e. The number of hydrogen-bond donors (Lipinski definition) is 0. The summed E-state index contributed by atoms with van der Waals surface area (Å²) in [7, 11) is 0. The molecule has 1 aromatic rings. The second-order valence-corrected chi connectivity index (χ2v) is 3.79. The number of nitrogens with zero attached hydrogens (tertiary/aromatic N) is 2. The topological polar surface area (TPSA) is 56.3 Å². The van der Waals surface area contributed by atoms with Crippen molar-refractivity contribution in [3.05, 3.63) is 24.5 Å². The monoisotopic (exact) mass is 228 g/mol. The van der Waals surface area contributed by atoms with E-state index in [1.165, 1.54) is 0 Å². The summed E-state index contributed by atoms with van der Waals surface area (Å²) in [4.78, 5) is 16.8. The number of aliphatic carboxylic acids is 1. The number of anilines is 1.